The summed E-state index contributed by atoms with van der Waals surface area (Å²) in [5.74, 6) is 0. The monoisotopic (exact) mass is 354 g/mol. The minimum absolute atomic E-state index is 0.0664. The van der Waals surface area contributed by atoms with Crippen molar-refractivity contribution in [3.05, 3.63) is 34.4 Å². The molecule has 0 saturated heterocycles. The number of non-ortho nitro benzene ring substituents is 1. The third kappa shape index (κ3) is 5.45. The summed E-state index contributed by atoms with van der Waals surface area (Å²) in [5.41, 5.74) is 0.388. The highest BCUT2D eigenvalue weighted by molar-refractivity contribution is 6.68. The molecular formula is C11H13Cl3N4O3. The van der Waals surface area contributed by atoms with Crippen LogP contribution in [0.1, 0.15) is 0 Å². The summed E-state index contributed by atoms with van der Waals surface area (Å²) in [5, 5.41) is 15.9. The number of anilines is 1. The minimum Gasteiger partial charge on any atom is -0.362 e. The zero-order valence-corrected chi connectivity index (χ0v) is 13.4. The van der Waals surface area contributed by atoms with E-state index in [2.05, 4.69) is 10.6 Å². The predicted molar refractivity (Wildman–Crippen MR) is 83.0 cm³/mol. The molecule has 0 aliphatic rings. The number of nitrogens with zero attached hydrogens (tertiary/aromatic N) is 2. The minimum atomic E-state index is -1.81. The smallest absolute Gasteiger partial charge is 0.318 e. The largest absolute Gasteiger partial charge is 0.362 e. The molecule has 0 aromatic heterocycles. The fraction of sp³-hybridized carbons (Fsp3) is 0.364. The van der Waals surface area contributed by atoms with Crippen LogP contribution in [-0.4, -0.2) is 39.9 Å². The lowest BCUT2D eigenvalue weighted by Gasteiger charge is -2.28. The summed E-state index contributed by atoms with van der Waals surface area (Å²) in [6, 6.07) is 5.03. The number of carbonyl (C=O) groups is 1. The van der Waals surface area contributed by atoms with Crippen molar-refractivity contribution in [2.45, 2.75) is 9.96 Å². The maximum Gasteiger partial charge on any atom is 0.318 e. The Labute approximate surface area is 136 Å². The highest BCUT2D eigenvalue weighted by Crippen LogP contribution is 2.31. The molecule has 0 spiro atoms. The van der Waals surface area contributed by atoms with Gasteiger partial charge >= 0.3 is 6.03 Å². The molecule has 10 heteroatoms. The highest BCUT2D eigenvalue weighted by atomic mass is 35.6. The zero-order valence-electron chi connectivity index (χ0n) is 11.1. The molecule has 1 aromatic rings. The molecular weight excluding hydrogens is 343 g/mol. The number of carbonyl (C=O) groups excluding carboxylic acids is 1. The van der Waals surface area contributed by atoms with Gasteiger partial charge in [0.15, 0.2) is 0 Å². The number of hydrogen-bond donors (Lipinski definition) is 2. The third-order valence-corrected chi connectivity index (χ3v) is 3.05. The van der Waals surface area contributed by atoms with Crippen molar-refractivity contribution in [1.29, 1.82) is 0 Å². The van der Waals surface area contributed by atoms with Crippen molar-refractivity contribution in [2.75, 3.05) is 19.4 Å². The van der Waals surface area contributed by atoms with Crippen LogP contribution in [0.3, 0.4) is 0 Å². The van der Waals surface area contributed by atoms with Crippen molar-refractivity contribution in [3.8, 4) is 0 Å². The first-order valence-electron chi connectivity index (χ1n) is 5.67. The van der Waals surface area contributed by atoms with E-state index in [1.54, 1.807) is 0 Å². The van der Waals surface area contributed by atoms with Gasteiger partial charge in [0.2, 0.25) is 3.79 Å². The molecule has 0 bridgehead atoms. The van der Waals surface area contributed by atoms with E-state index in [1.165, 1.54) is 43.3 Å². The van der Waals surface area contributed by atoms with E-state index in [9.17, 15) is 14.9 Å². The second-order valence-electron chi connectivity index (χ2n) is 4.27. The van der Waals surface area contributed by atoms with Crippen molar-refractivity contribution in [2.24, 2.45) is 0 Å². The summed E-state index contributed by atoms with van der Waals surface area (Å²) in [6.07, 6.45) is -1.01. The number of alkyl halides is 3. The molecule has 0 aliphatic carbocycles. The molecule has 1 unspecified atom stereocenters. The first-order valence-corrected chi connectivity index (χ1v) is 6.80. The number of urea groups is 1. The van der Waals surface area contributed by atoms with Crippen LogP contribution < -0.4 is 10.6 Å². The lowest BCUT2D eigenvalue weighted by Crippen LogP contribution is -2.52. The lowest BCUT2D eigenvalue weighted by atomic mass is 10.3. The Morgan fingerprint density at radius 1 is 1.29 bits per heavy atom. The van der Waals surface area contributed by atoms with Crippen molar-refractivity contribution in [3.63, 3.8) is 0 Å². The Morgan fingerprint density at radius 3 is 2.19 bits per heavy atom. The number of benzene rings is 1. The fourth-order valence-electron chi connectivity index (χ4n) is 1.30. The molecule has 116 valence electrons. The molecule has 2 N–H and O–H groups in total. The first-order chi connectivity index (χ1) is 9.61. The first kappa shape index (κ1) is 17.6. The number of rotatable bonds is 4. The van der Waals surface area contributed by atoms with E-state index in [-0.39, 0.29) is 5.69 Å². The number of nitro groups is 1. The quantitative estimate of drug-likeness (QED) is 0.376. The van der Waals surface area contributed by atoms with Crippen LogP contribution in [0.5, 0.6) is 0 Å². The van der Waals surface area contributed by atoms with Gasteiger partial charge in [-0.3, -0.25) is 10.1 Å². The summed E-state index contributed by atoms with van der Waals surface area (Å²) >= 11 is 17.4. The molecule has 2 amide bonds. The maximum atomic E-state index is 11.6. The molecule has 0 aliphatic heterocycles. The summed E-state index contributed by atoms with van der Waals surface area (Å²) in [4.78, 5) is 23.0. The van der Waals surface area contributed by atoms with Crippen LogP contribution >= 0.6 is 34.8 Å². The van der Waals surface area contributed by atoms with Crippen LogP contribution in [0.4, 0.5) is 16.2 Å². The Kier molecular flexibility index (Phi) is 5.88. The van der Waals surface area contributed by atoms with Crippen LogP contribution in [-0.2, 0) is 0 Å². The second-order valence-corrected chi connectivity index (χ2v) is 6.64. The Hall–Kier alpha value is -1.44. The van der Waals surface area contributed by atoms with Gasteiger partial charge in [0, 0.05) is 31.9 Å². The summed E-state index contributed by atoms with van der Waals surface area (Å²) in [6.45, 7) is 0. The summed E-state index contributed by atoms with van der Waals surface area (Å²) in [7, 11) is 3.08. The Balaban J connectivity index is 2.86. The Morgan fingerprint density at radius 2 is 1.81 bits per heavy atom. The van der Waals surface area contributed by atoms with E-state index in [1.807, 2.05) is 0 Å². The number of amides is 2. The fourth-order valence-corrected chi connectivity index (χ4v) is 1.63. The summed E-state index contributed by atoms with van der Waals surface area (Å²) < 4.78 is -1.81. The van der Waals surface area contributed by atoms with Gasteiger partial charge in [-0.25, -0.2) is 4.79 Å². The van der Waals surface area contributed by atoms with E-state index in [4.69, 9.17) is 34.8 Å². The molecule has 0 radical (unpaired) electrons. The third-order valence-electron chi connectivity index (χ3n) is 2.39. The standard InChI is InChI=1S/C11H13Cl3N4O3/c1-17(2)10(19)16-9(11(12,13)14)15-7-3-5-8(6-4-7)18(20)21/h3-6,9,15H,1-2H3,(H,16,19). The van der Waals surface area contributed by atoms with E-state index in [0.717, 1.165) is 0 Å². The van der Waals surface area contributed by atoms with Gasteiger partial charge in [-0.05, 0) is 12.1 Å². The average Bonchev–Trinajstić information content (AvgIpc) is 2.37. The topological polar surface area (TPSA) is 87.5 Å². The highest BCUT2D eigenvalue weighted by Gasteiger charge is 2.34. The number of nitrogens with one attached hydrogen (secondary N) is 2. The van der Waals surface area contributed by atoms with Crippen molar-refractivity contribution in [1.82, 2.24) is 10.2 Å². The molecule has 7 nitrogen and oxygen atoms in total. The lowest BCUT2D eigenvalue weighted by molar-refractivity contribution is -0.384. The molecule has 0 fully saturated rings. The predicted octanol–water partition coefficient (Wildman–Crippen LogP) is 2.97. The van der Waals surface area contributed by atoms with Gasteiger partial charge in [-0.2, -0.15) is 0 Å². The van der Waals surface area contributed by atoms with E-state index < -0.39 is 20.9 Å². The van der Waals surface area contributed by atoms with Gasteiger partial charge in [0.05, 0.1) is 4.92 Å². The van der Waals surface area contributed by atoms with Gasteiger partial charge < -0.3 is 15.5 Å². The molecule has 1 rings (SSSR count). The SMILES string of the molecule is CN(C)C(=O)NC(Nc1ccc([N+](=O)[O-])cc1)C(Cl)(Cl)Cl. The molecule has 21 heavy (non-hydrogen) atoms. The van der Waals surface area contributed by atoms with Gasteiger partial charge in [-0.1, -0.05) is 34.8 Å². The van der Waals surface area contributed by atoms with Crippen molar-refractivity contribution < 1.29 is 9.72 Å². The normalized spacial score (nSPS) is 12.4. The molecule has 1 aromatic carbocycles. The molecule has 1 atom stereocenters. The van der Waals surface area contributed by atoms with Crippen LogP contribution in [0.15, 0.2) is 24.3 Å². The maximum absolute atomic E-state index is 11.6. The number of hydrogen-bond acceptors (Lipinski definition) is 4. The molecule has 0 heterocycles. The Bertz CT molecular complexity index is 516. The van der Waals surface area contributed by atoms with E-state index in [0.29, 0.717) is 5.69 Å². The van der Waals surface area contributed by atoms with Gasteiger partial charge in [-0.15, -0.1) is 0 Å². The molecule has 0 saturated carbocycles. The van der Waals surface area contributed by atoms with Gasteiger partial charge in [0.1, 0.15) is 6.17 Å². The average molecular weight is 356 g/mol. The zero-order chi connectivity index (χ0) is 16.2. The number of nitro benzene ring substituents is 1. The van der Waals surface area contributed by atoms with Crippen LogP contribution in [0, 0.1) is 10.1 Å². The van der Waals surface area contributed by atoms with E-state index >= 15 is 0 Å². The van der Waals surface area contributed by atoms with Crippen LogP contribution in [0.2, 0.25) is 0 Å². The van der Waals surface area contributed by atoms with Crippen molar-refractivity contribution >= 4 is 52.2 Å². The van der Waals surface area contributed by atoms with Gasteiger partial charge in [0.25, 0.3) is 5.69 Å². The second kappa shape index (κ2) is 7.02. The number of halogens is 3. The van der Waals surface area contributed by atoms with Crippen LogP contribution in [0.25, 0.3) is 0 Å².